The van der Waals surface area contributed by atoms with Crippen molar-refractivity contribution < 1.29 is 9.21 Å². The van der Waals surface area contributed by atoms with Crippen LogP contribution in [0.1, 0.15) is 29.1 Å². The van der Waals surface area contributed by atoms with E-state index in [2.05, 4.69) is 10.3 Å². The summed E-state index contributed by atoms with van der Waals surface area (Å²) in [6.45, 7) is 2.36. The van der Waals surface area contributed by atoms with E-state index in [0.717, 1.165) is 12.8 Å². The number of hydrogen-bond acceptors (Lipinski definition) is 3. The number of amides is 1. The first-order valence-electron chi connectivity index (χ1n) is 4.91. The lowest BCUT2D eigenvalue weighted by Crippen LogP contribution is -2.31. The highest BCUT2D eigenvalue weighted by Gasteiger charge is 2.42. The lowest BCUT2D eigenvalue weighted by Gasteiger charge is -2.11. The van der Waals surface area contributed by atoms with Gasteiger partial charge in [-0.15, -0.1) is 11.6 Å². The third kappa shape index (κ3) is 2.15. The predicted octanol–water partition coefficient (Wildman–Crippen LogP) is 1.73. The van der Waals surface area contributed by atoms with Gasteiger partial charge in [-0.3, -0.25) is 4.79 Å². The summed E-state index contributed by atoms with van der Waals surface area (Å²) in [6, 6.07) is 0. The largest absolute Gasteiger partial charge is 0.438 e. The van der Waals surface area contributed by atoms with E-state index in [-0.39, 0.29) is 11.3 Å². The standard InChI is InChI=1S/C10H13ClN2O2/c1-7-8(15-6-13-7)9(14)12-5-10(4-11)2-3-10/h6H,2-5H2,1H3,(H,12,14). The van der Waals surface area contributed by atoms with Crippen molar-refractivity contribution in [3.8, 4) is 0 Å². The first-order chi connectivity index (χ1) is 7.17. The van der Waals surface area contributed by atoms with Crippen molar-refractivity contribution in [2.24, 2.45) is 5.41 Å². The van der Waals surface area contributed by atoms with Crippen molar-refractivity contribution in [2.75, 3.05) is 12.4 Å². The van der Waals surface area contributed by atoms with Crippen molar-refractivity contribution in [1.82, 2.24) is 10.3 Å². The Bertz CT molecular complexity index is 371. The molecule has 1 heterocycles. The molecule has 0 saturated heterocycles. The number of aromatic nitrogens is 1. The molecule has 0 aromatic carbocycles. The van der Waals surface area contributed by atoms with Gasteiger partial charge in [-0.05, 0) is 19.8 Å². The van der Waals surface area contributed by atoms with Crippen molar-refractivity contribution in [3.05, 3.63) is 17.8 Å². The van der Waals surface area contributed by atoms with Gasteiger partial charge in [0.1, 0.15) is 0 Å². The van der Waals surface area contributed by atoms with Gasteiger partial charge in [0.15, 0.2) is 6.39 Å². The number of nitrogens with zero attached hydrogens (tertiary/aromatic N) is 1. The van der Waals surface area contributed by atoms with E-state index >= 15 is 0 Å². The lowest BCUT2D eigenvalue weighted by atomic mass is 10.1. The van der Waals surface area contributed by atoms with Gasteiger partial charge in [-0.1, -0.05) is 0 Å². The van der Waals surface area contributed by atoms with Gasteiger partial charge in [0.2, 0.25) is 5.76 Å². The Morgan fingerprint density at radius 1 is 1.73 bits per heavy atom. The van der Waals surface area contributed by atoms with Gasteiger partial charge >= 0.3 is 0 Å². The molecule has 0 radical (unpaired) electrons. The Morgan fingerprint density at radius 2 is 2.47 bits per heavy atom. The van der Waals surface area contributed by atoms with E-state index in [1.54, 1.807) is 6.92 Å². The number of hydrogen-bond donors (Lipinski definition) is 1. The molecule has 0 atom stereocenters. The van der Waals surface area contributed by atoms with Crippen LogP contribution in [0.2, 0.25) is 0 Å². The highest BCUT2D eigenvalue weighted by Crippen LogP contribution is 2.45. The molecule has 1 aliphatic carbocycles. The molecule has 1 aromatic heterocycles. The summed E-state index contributed by atoms with van der Waals surface area (Å²) in [6.07, 6.45) is 3.46. The molecule has 4 nitrogen and oxygen atoms in total. The van der Waals surface area contributed by atoms with Gasteiger partial charge in [0.25, 0.3) is 5.91 Å². The molecule has 0 bridgehead atoms. The van der Waals surface area contributed by atoms with Crippen LogP contribution in [0.25, 0.3) is 0 Å². The zero-order valence-corrected chi connectivity index (χ0v) is 9.30. The van der Waals surface area contributed by atoms with Crippen molar-refractivity contribution >= 4 is 17.5 Å². The molecule has 1 aliphatic rings. The molecule has 1 aromatic rings. The third-order valence-corrected chi connectivity index (χ3v) is 3.38. The van der Waals surface area contributed by atoms with Gasteiger partial charge < -0.3 is 9.73 Å². The van der Waals surface area contributed by atoms with E-state index in [9.17, 15) is 4.79 Å². The maximum absolute atomic E-state index is 11.6. The summed E-state index contributed by atoms with van der Waals surface area (Å²) >= 11 is 5.81. The SMILES string of the molecule is Cc1ncoc1C(=O)NCC1(CCl)CC1. The number of nitrogens with one attached hydrogen (secondary N) is 1. The first kappa shape index (κ1) is 10.5. The van der Waals surface area contributed by atoms with Crippen LogP contribution in [0.4, 0.5) is 0 Å². The van der Waals surface area contributed by atoms with Crippen LogP contribution in [-0.2, 0) is 0 Å². The third-order valence-electron chi connectivity index (χ3n) is 2.82. The highest BCUT2D eigenvalue weighted by molar-refractivity contribution is 6.18. The number of rotatable bonds is 4. The fraction of sp³-hybridized carbons (Fsp3) is 0.600. The van der Waals surface area contributed by atoms with E-state index < -0.39 is 0 Å². The van der Waals surface area contributed by atoms with Crippen molar-refractivity contribution in [2.45, 2.75) is 19.8 Å². The number of oxazole rings is 1. The van der Waals surface area contributed by atoms with Crippen LogP contribution in [0.3, 0.4) is 0 Å². The van der Waals surface area contributed by atoms with Gasteiger partial charge in [-0.2, -0.15) is 0 Å². The number of alkyl halides is 1. The number of carbonyl (C=O) groups is 1. The Kier molecular flexibility index (Phi) is 2.69. The topological polar surface area (TPSA) is 55.1 Å². The maximum atomic E-state index is 11.6. The minimum absolute atomic E-state index is 0.130. The molecule has 1 N–H and O–H groups in total. The molecule has 5 heteroatoms. The molecule has 1 amide bonds. The lowest BCUT2D eigenvalue weighted by molar-refractivity contribution is 0.0918. The summed E-state index contributed by atoms with van der Waals surface area (Å²) in [5.41, 5.74) is 0.744. The molecule has 0 unspecified atom stereocenters. The van der Waals surface area contributed by atoms with Crippen molar-refractivity contribution in [3.63, 3.8) is 0 Å². The molecular formula is C10H13ClN2O2. The number of halogens is 1. The average molecular weight is 229 g/mol. The second-order valence-corrected chi connectivity index (χ2v) is 4.35. The van der Waals surface area contributed by atoms with Gasteiger partial charge in [0.05, 0.1) is 5.69 Å². The summed E-state index contributed by atoms with van der Waals surface area (Å²) in [5, 5.41) is 2.82. The van der Waals surface area contributed by atoms with Crippen LogP contribution < -0.4 is 5.32 Å². The zero-order chi connectivity index (χ0) is 10.9. The zero-order valence-electron chi connectivity index (χ0n) is 8.55. The van der Waals surface area contributed by atoms with Crippen LogP contribution >= 0.6 is 11.6 Å². The molecule has 2 rings (SSSR count). The minimum Gasteiger partial charge on any atom is -0.438 e. The predicted molar refractivity (Wildman–Crippen MR) is 56.0 cm³/mol. The summed E-state index contributed by atoms with van der Waals surface area (Å²) in [4.78, 5) is 15.5. The summed E-state index contributed by atoms with van der Waals surface area (Å²) in [7, 11) is 0. The average Bonchev–Trinajstić information content (AvgIpc) is 2.91. The van der Waals surface area contributed by atoms with E-state index in [4.69, 9.17) is 16.0 Å². The van der Waals surface area contributed by atoms with Crippen molar-refractivity contribution in [1.29, 1.82) is 0 Å². The molecular weight excluding hydrogens is 216 g/mol. The fourth-order valence-corrected chi connectivity index (χ4v) is 1.76. The molecule has 1 fully saturated rings. The second kappa shape index (κ2) is 3.85. The highest BCUT2D eigenvalue weighted by atomic mass is 35.5. The fourth-order valence-electron chi connectivity index (χ4n) is 1.40. The quantitative estimate of drug-likeness (QED) is 0.799. The Hall–Kier alpha value is -1.03. The van der Waals surface area contributed by atoms with Gasteiger partial charge in [0, 0.05) is 17.8 Å². The molecule has 0 aliphatic heterocycles. The summed E-state index contributed by atoms with van der Waals surface area (Å²) < 4.78 is 4.99. The Labute approximate surface area is 93.0 Å². The minimum atomic E-state index is -0.207. The van der Waals surface area contributed by atoms with Crippen LogP contribution in [0.5, 0.6) is 0 Å². The van der Waals surface area contributed by atoms with E-state index in [1.807, 2.05) is 0 Å². The molecule has 15 heavy (non-hydrogen) atoms. The van der Waals surface area contributed by atoms with Crippen LogP contribution in [-0.4, -0.2) is 23.3 Å². The maximum Gasteiger partial charge on any atom is 0.289 e. The molecule has 1 saturated carbocycles. The monoisotopic (exact) mass is 228 g/mol. The second-order valence-electron chi connectivity index (χ2n) is 4.08. The first-order valence-corrected chi connectivity index (χ1v) is 5.45. The Morgan fingerprint density at radius 3 is 2.93 bits per heavy atom. The van der Waals surface area contributed by atoms with E-state index in [1.165, 1.54) is 6.39 Å². The Balaban J connectivity index is 1.91. The summed E-state index contributed by atoms with van der Waals surface area (Å²) in [5.74, 6) is 0.685. The smallest absolute Gasteiger partial charge is 0.289 e. The molecule has 82 valence electrons. The number of carbonyl (C=O) groups excluding carboxylic acids is 1. The van der Waals surface area contributed by atoms with Gasteiger partial charge in [-0.25, -0.2) is 4.98 Å². The van der Waals surface area contributed by atoms with Crippen LogP contribution in [0, 0.1) is 12.3 Å². The molecule has 0 spiro atoms. The normalized spacial score (nSPS) is 17.5. The van der Waals surface area contributed by atoms with Crippen LogP contribution in [0.15, 0.2) is 10.8 Å². The van der Waals surface area contributed by atoms with E-state index in [0.29, 0.717) is 23.9 Å². The number of aryl methyl sites for hydroxylation is 1.